The van der Waals surface area contributed by atoms with Gasteiger partial charge in [0.05, 0.1) is 4.92 Å². The molecule has 9 heteroatoms. The lowest BCUT2D eigenvalue weighted by Gasteiger charge is -2.31. The second-order valence-electron chi connectivity index (χ2n) is 4.69. The molecular weight excluding hydrogens is 286 g/mol. The number of nitro groups is 1. The number of carbonyl (C=O) groups excluding carboxylic acids is 1. The molecule has 0 spiro atoms. The van der Waals surface area contributed by atoms with Crippen LogP contribution in [0.4, 0.5) is 11.5 Å². The van der Waals surface area contributed by atoms with Gasteiger partial charge in [0, 0.05) is 19.5 Å². The number of halogens is 1. The number of carbonyl (C=O) groups is 1. The normalized spacial score (nSPS) is 16.1. The van der Waals surface area contributed by atoms with E-state index in [2.05, 4.69) is 9.97 Å². The number of anilines is 1. The summed E-state index contributed by atoms with van der Waals surface area (Å²) in [5.41, 5.74) is 4.90. The number of piperidine rings is 1. The molecule has 20 heavy (non-hydrogen) atoms. The lowest BCUT2D eigenvalue weighted by molar-refractivity contribution is -0.384. The number of primary amides is 1. The Labute approximate surface area is 120 Å². The maximum Gasteiger partial charge on any atom is 0.348 e. The third-order valence-corrected chi connectivity index (χ3v) is 3.62. The molecule has 0 saturated carbocycles. The summed E-state index contributed by atoms with van der Waals surface area (Å²) in [5, 5.41) is 10.9. The fraction of sp³-hybridized carbons (Fsp3) is 0.545. The van der Waals surface area contributed by atoms with Gasteiger partial charge in [-0.3, -0.25) is 14.9 Å². The molecule has 0 aromatic carbocycles. The fourth-order valence-electron chi connectivity index (χ4n) is 2.37. The zero-order chi connectivity index (χ0) is 14.7. The quantitative estimate of drug-likeness (QED) is 0.506. The highest BCUT2D eigenvalue weighted by molar-refractivity contribution is 6.31. The van der Waals surface area contributed by atoms with Gasteiger partial charge in [-0.25, -0.2) is 9.97 Å². The van der Waals surface area contributed by atoms with Crippen molar-refractivity contribution in [2.24, 2.45) is 11.7 Å². The molecule has 1 aliphatic rings. The van der Waals surface area contributed by atoms with E-state index in [1.165, 1.54) is 6.33 Å². The van der Waals surface area contributed by atoms with Crippen molar-refractivity contribution in [2.75, 3.05) is 18.0 Å². The molecule has 1 saturated heterocycles. The first-order valence-corrected chi connectivity index (χ1v) is 6.55. The van der Waals surface area contributed by atoms with Gasteiger partial charge in [0.2, 0.25) is 16.9 Å². The van der Waals surface area contributed by atoms with Crippen LogP contribution < -0.4 is 10.6 Å². The van der Waals surface area contributed by atoms with Crippen LogP contribution in [-0.4, -0.2) is 33.9 Å². The average molecular weight is 300 g/mol. The van der Waals surface area contributed by atoms with E-state index in [9.17, 15) is 14.9 Å². The Kier molecular flexibility index (Phi) is 4.33. The maximum absolute atomic E-state index is 11.0. The molecule has 2 rings (SSSR count). The Morgan fingerprint density at radius 2 is 2.15 bits per heavy atom. The third kappa shape index (κ3) is 3.13. The predicted octanol–water partition coefficient (Wildman–Crippen LogP) is 1.13. The summed E-state index contributed by atoms with van der Waals surface area (Å²) >= 11 is 5.76. The lowest BCUT2D eigenvalue weighted by atomic mass is 9.93. The van der Waals surface area contributed by atoms with Gasteiger partial charge in [-0.15, -0.1) is 0 Å². The van der Waals surface area contributed by atoms with Crippen LogP contribution in [0.2, 0.25) is 5.15 Å². The van der Waals surface area contributed by atoms with Gasteiger partial charge in [-0.1, -0.05) is 11.6 Å². The molecule has 0 atom stereocenters. The van der Waals surface area contributed by atoms with Crippen LogP contribution >= 0.6 is 11.6 Å². The molecular formula is C11H14ClN5O3. The summed E-state index contributed by atoms with van der Waals surface area (Å²) in [5.74, 6) is 0.132. The van der Waals surface area contributed by atoms with Crippen LogP contribution in [0, 0.1) is 16.0 Å². The summed E-state index contributed by atoms with van der Waals surface area (Å²) in [6.45, 7) is 1.15. The molecule has 1 aromatic heterocycles. The molecule has 1 aliphatic heterocycles. The van der Waals surface area contributed by atoms with E-state index in [1.54, 1.807) is 4.90 Å². The van der Waals surface area contributed by atoms with Crippen molar-refractivity contribution in [3.8, 4) is 0 Å². The van der Waals surface area contributed by atoms with E-state index in [0.29, 0.717) is 19.5 Å². The highest BCUT2D eigenvalue weighted by Gasteiger charge is 2.29. The lowest BCUT2D eigenvalue weighted by Crippen LogP contribution is -2.36. The first kappa shape index (κ1) is 14.4. The number of nitrogens with zero attached hydrogens (tertiary/aromatic N) is 4. The first-order valence-electron chi connectivity index (χ1n) is 6.17. The Morgan fingerprint density at radius 3 is 2.70 bits per heavy atom. The monoisotopic (exact) mass is 299 g/mol. The summed E-state index contributed by atoms with van der Waals surface area (Å²) in [4.78, 5) is 30.8. The van der Waals surface area contributed by atoms with Gasteiger partial charge in [-0.2, -0.15) is 0 Å². The van der Waals surface area contributed by atoms with Crippen molar-refractivity contribution < 1.29 is 9.72 Å². The Balaban J connectivity index is 2.13. The zero-order valence-electron chi connectivity index (χ0n) is 10.7. The largest absolute Gasteiger partial charge is 0.370 e. The Morgan fingerprint density at radius 1 is 1.50 bits per heavy atom. The van der Waals surface area contributed by atoms with Crippen LogP contribution in [0.3, 0.4) is 0 Å². The van der Waals surface area contributed by atoms with E-state index < -0.39 is 4.92 Å². The minimum atomic E-state index is -0.576. The zero-order valence-corrected chi connectivity index (χ0v) is 11.4. The van der Waals surface area contributed by atoms with Crippen LogP contribution in [0.5, 0.6) is 0 Å². The van der Waals surface area contributed by atoms with E-state index >= 15 is 0 Å². The summed E-state index contributed by atoms with van der Waals surface area (Å²) in [6, 6.07) is 0. The molecule has 8 nitrogen and oxygen atoms in total. The summed E-state index contributed by atoms with van der Waals surface area (Å²) < 4.78 is 0. The maximum atomic E-state index is 11.0. The van der Waals surface area contributed by atoms with Crippen molar-refractivity contribution in [3.05, 3.63) is 21.6 Å². The van der Waals surface area contributed by atoms with Gasteiger partial charge >= 0.3 is 5.69 Å². The van der Waals surface area contributed by atoms with Crippen molar-refractivity contribution >= 4 is 29.0 Å². The molecule has 1 amide bonds. The number of aromatic nitrogens is 2. The highest BCUT2D eigenvalue weighted by Crippen LogP contribution is 2.33. The Bertz CT molecular complexity index is 531. The highest BCUT2D eigenvalue weighted by atomic mass is 35.5. The Hall–Kier alpha value is -1.96. The van der Waals surface area contributed by atoms with Gasteiger partial charge in [-0.05, 0) is 18.8 Å². The van der Waals surface area contributed by atoms with Gasteiger partial charge in [0.15, 0.2) is 0 Å². The van der Waals surface area contributed by atoms with Crippen molar-refractivity contribution in [1.29, 1.82) is 0 Å². The molecule has 2 heterocycles. The summed E-state index contributed by atoms with van der Waals surface area (Å²) in [6.07, 6.45) is 3.03. The molecule has 1 aromatic rings. The number of nitrogens with two attached hydrogens (primary N) is 1. The number of amides is 1. The average Bonchev–Trinajstić information content (AvgIpc) is 2.38. The van der Waals surface area contributed by atoms with Crippen LogP contribution in [0.1, 0.15) is 19.3 Å². The SMILES string of the molecule is NC(=O)CC1CCN(c2ncnc(Cl)c2[N+](=O)[O-])CC1. The second-order valence-corrected chi connectivity index (χ2v) is 5.05. The van der Waals surface area contributed by atoms with Gasteiger partial charge in [0.1, 0.15) is 6.33 Å². The standard InChI is InChI=1S/C11H14ClN5O3/c12-10-9(17(19)20)11(15-6-14-10)16-3-1-7(2-4-16)5-8(13)18/h6-7H,1-5H2,(H2,13,18). The second kappa shape index (κ2) is 6.00. The third-order valence-electron chi connectivity index (χ3n) is 3.34. The van der Waals surface area contributed by atoms with E-state index in [0.717, 1.165) is 12.8 Å². The van der Waals surface area contributed by atoms with Crippen LogP contribution in [0.25, 0.3) is 0 Å². The van der Waals surface area contributed by atoms with E-state index in [-0.39, 0.29) is 28.5 Å². The van der Waals surface area contributed by atoms with Crippen LogP contribution in [0.15, 0.2) is 6.33 Å². The molecule has 108 valence electrons. The van der Waals surface area contributed by atoms with Crippen molar-refractivity contribution in [3.63, 3.8) is 0 Å². The molecule has 0 radical (unpaired) electrons. The fourth-order valence-corrected chi connectivity index (χ4v) is 2.57. The van der Waals surface area contributed by atoms with Gasteiger partial charge in [0.25, 0.3) is 0 Å². The smallest absolute Gasteiger partial charge is 0.348 e. The van der Waals surface area contributed by atoms with Crippen molar-refractivity contribution in [2.45, 2.75) is 19.3 Å². The van der Waals surface area contributed by atoms with Crippen molar-refractivity contribution in [1.82, 2.24) is 9.97 Å². The van der Waals surface area contributed by atoms with E-state index in [1.807, 2.05) is 0 Å². The minimum Gasteiger partial charge on any atom is -0.370 e. The molecule has 0 unspecified atom stereocenters. The van der Waals surface area contributed by atoms with Crippen LogP contribution in [-0.2, 0) is 4.79 Å². The number of rotatable bonds is 4. The topological polar surface area (TPSA) is 115 Å². The van der Waals surface area contributed by atoms with Gasteiger partial charge < -0.3 is 10.6 Å². The minimum absolute atomic E-state index is 0.167. The number of hydrogen-bond acceptors (Lipinski definition) is 6. The molecule has 2 N–H and O–H groups in total. The first-order chi connectivity index (χ1) is 9.49. The number of hydrogen-bond donors (Lipinski definition) is 1. The molecule has 1 fully saturated rings. The predicted molar refractivity (Wildman–Crippen MR) is 72.4 cm³/mol. The van der Waals surface area contributed by atoms with E-state index in [4.69, 9.17) is 17.3 Å². The molecule has 0 bridgehead atoms. The summed E-state index contributed by atoms with van der Waals surface area (Å²) in [7, 11) is 0. The molecule has 0 aliphatic carbocycles.